The molecule has 51 heavy (non-hydrogen) atoms. The average Bonchev–Trinajstić information content (AvgIpc) is 3.38. The predicted octanol–water partition coefficient (Wildman–Crippen LogP) is 4.29. The van der Waals surface area contributed by atoms with Gasteiger partial charge in [0.05, 0.1) is 25.8 Å². The number of nitrogens with zero attached hydrogens (tertiary/aromatic N) is 2. The van der Waals surface area contributed by atoms with E-state index in [1.54, 1.807) is 25.1 Å². The van der Waals surface area contributed by atoms with E-state index in [1.807, 2.05) is 12.2 Å². The van der Waals surface area contributed by atoms with Gasteiger partial charge in [0, 0.05) is 29.9 Å². The Kier molecular flexibility index (Phi) is 11.0. The second-order valence-electron chi connectivity index (χ2n) is 13.7. The zero-order valence-electron chi connectivity index (χ0n) is 29.1. The molecule has 5 atom stereocenters. The molecule has 0 radical (unpaired) electrons. The van der Waals surface area contributed by atoms with Gasteiger partial charge in [0.15, 0.2) is 5.69 Å². The smallest absolute Gasteiger partial charge is 0.408 e. The van der Waals surface area contributed by atoms with Gasteiger partial charge < -0.3 is 39.6 Å². The molecule has 1 aromatic carbocycles. The number of hydrogen-bond acceptors (Lipinski definition) is 10. The first-order valence-corrected chi connectivity index (χ1v) is 17.9. The molecule has 4 aliphatic rings. The van der Waals surface area contributed by atoms with Gasteiger partial charge in [-0.1, -0.05) is 25.0 Å². The molecule has 14 heteroatoms. The summed E-state index contributed by atoms with van der Waals surface area (Å²) in [7, 11) is 1.49. The first kappa shape index (κ1) is 35.9. The van der Waals surface area contributed by atoms with Crippen molar-refractivity contribution in [1.29, 1.82) is 0 Å². The van der Waals surface area contributed by atoms with Crippen LogP contribution in [0.3, 0.4) is 0 Å². The molecular weight excluding hydrogens is 660 g/mol. The van der Waals surface area contributed by atoms with E-state index in [2.05, 4.69) is 15.6 Å². The number of esters is 1. The van der Waals surface area contributed by atoms with Gasteiger partial charge in [-0.2, -0.15) is 0 Å². The van der Waals surface area contributed by atoms with E-state index in [9.17, 15) is 29.1 Å². The summed E-state index contributed by atoms with van der Waals surface area (Å²) in [6.07, 6.45) is 9.67. The number of carbonyl (C=O) groups is 5. The third kappa shape index (κ3) is 8.04. The zero-order chi connectivity index (χ0) is 36.1. The van der Waals surface area contributed by atoms with Crippen LogP contribution in [-0.2, 0) is 23.9 Å². The second kappa shape index (κ2) is 15.6. The van der Waals surface area contributed by atoms with Gasteiger partial charge in [-0.05, 0) is 70.4 Å². The third-order valence-electron chi connectivity index (χ3n) is 10.2. The van der Waals surface area contributed by atoms with Crippen molar-refractivity contribution < 1.29 is 48.0 Å². The highest BCUT2D eigenvalue weighted by Crippen LogP contribution is 2.46. The fraction of sp³-hybridized carbons (Fsp3) is 0.568. The van der Waals surface area contributed by atoms with Gasteiger partial charge in [-0.25, -0.2) is 19.4 Å². The van der Waals surface area contributed by atoms with Crippen molar-refractivity contribution >= 4 is 40.7 Å². The molecule has 0 unspecified atom stereocenters. The summed E-state index contributed by atoms with van der Waals surface area (Å²) in [5.74, 6) is -2.36. The number of carboxylic acid groups (broad SMARTS) is 1. The Labute approximate surface area is 296 Å². The number of pyridine rings is 1. The quantitative estimate of drug-likeness (QED) is 0.263. The van der Waals surface area contributed by atoms with Crippen LogP contribution in [-0.4, -0.2) is 94.9 Å². The molecule has 1 aromatic heterocycles. The van der Waals surface area contributed by atoms with E-state index in [-0.39, 0.29) is 43.0 Å². The van der Waals surface area contributed by atoms with Crippen LogP contribution in [0.25, 0.3) is 10.9 Å². The van der Waals surface area contributed by atoms with Crippen LogP contribution in [0, 0.1) is 5.92 Å². The molecule has 3 amide bonds. The average molecular weight is 707 g/mol. The van der Waals surface area contributed by atoms with Crippen LogP contribution in [0.15, 0.2) is 36.4 Å². The molecule has 3 heterocycles. The lowest BCUT2D eigenvalue weighted by Crippen LogP contribution is -2.56. The SMILES string of the molecule is CCOC(=O)[C@@]12C[C@H]1/C=C\CCCCC[C@H](NC(=O)OC1CCCC1)C(=O)N1C[C@H](Oc3cc(C(=O)O)nc4cc(OC)ccc34)C[C@H]1C(=O)N2. The second-order valence-corrected chi connectivity index (χ2v) is 13.7. The van der Waals surface area contributed by atoms with Crippen molar-refractivity contribution in [2.45, 2.75) is 107 Å². The molecule has 2 aliphatic heterocycles. The van der Waals surface area contributed by atoms with E-state index in [0.717, 1.165) is 44.9 Å². The molecule has 0 bridgehead atoms. The Bertz CT molecular complexity index is 1690. The van der Waals surface area contributed by atoms with Gasteiger partial charge in [0.2, 0.25) is 11.8 Å². The van der Waals surface area contributed by atoms with Crippen molar-refractivity contribution in [3.8, 4) is 11.5 Å². The minimum atomic E-state index is -1.26. The molecule has 2 saturated carbocycles. The maximum atomic E-state index is 14.4. The maximum absolute atomic E-state index is 14.4. The number of methoxy groups -OCH3 is 1. The van der Waals surface area contributed by atoms with E-state index >= 15 is 0 Å². The highest BCUT2D eigenvalue weighted by molar-refractivity contribution is 5.97. The molecule has 2 aliphatic carbocycles. The fourth-order valence-corrected chi connectivity index (χ4v) is 7.42. The standard InChI is InChI=1S/C37H46N4O10/c1-3-49-35(46)37-20-22(37)11-7-5-4-6-8-14-27(39-36(47)51-23-12-9-10-13-23)33(43)41-21-25(18-30(41)32(42)40-37)50-31-19-29(34(44)45)38-28-17-24(48-2)15-16-26(28)31/h7,11,15-17,19,22-23,25,27,30H,3-6,8-10,12-14,18,20-21H2,1-2H3,(H,39,47)(H,40,42)(H,44,45)/b11-7-/t22-,25-,27+,30+,37-/m1/s1. The largest absolute Gasteiger partial charge is 0.497 e. The minimum Gasteiger partial charge on any atom is -0.497 e. The first-order valence-electron chi connectivity index (χ1n) is 17.9. The van der Waals surface area contributed by atoms with E-state index in [1.165, 1.54) is 18.1 Å². The van der Waals surface area contributed by atoms with Gasteiger partial charge in [-0.15, -0.1) is 0 Å². The Balaban J connectivity index is 1.31. The highest BCUT2D eigenvalue weighted by atomic mass is 16.6. The van der Waals surface area contributed by atoms with Crippen LogP contribution in [0.2, 0.25) is 0 Å². The van der Waals surface area contributed by atoms with Crippen molar-refractivity contribution in [3.05, 3.63) is 42.1 Å². The fourth-order valence-electron chi connectivity index (χ4n) is 7.42. The van der Waals surface area contributed by atoms with Gasteiger partial charge in [-0.3, -0.25) is 9.59 Å². The number of carboxylic acids is 1. The maximum Gasteiger partial charge on any atom is 0.408 e. The van der Waals surface area contributed by atoms with Crippen molar-refractivity contribution in [2.75, 3.05) is 20.3 Å². The molecule has 2 aromatic rings. The van der Waals surface area contributed by atoms with E-state index in [0.29, 0.717) is 35.9 Å². The van der Waals surface area contributed by atoms with Gasteiger partial charge in [0.1, 0.15) is 41.3 Å². The number of nitrogens with one attached hydrogen (secondary N) is 2. The summed E-state index contributed by atoms with van der Waals surface area (Å²) in [5, 5.41) is 16.1. The van der Waals surface area contributed by atoms with Crippen molar-refractivity contribution in [1.82, 2.24) is 20.5 Å². The Morgan fingerprint density at radius 1 is 1.06 bits per heavy atom. The number of hydrogen-bond donors (Lipinski definition) is 3. The molecule has 1 saturated heterocycles. The summed E-state index contributed by atoms with van der Waals surface area (Å²) in [6, 6.07) is 4.29. The van der Waals surface area contributed by atoms with E-state index in [4.69, 9.17) is 18.9 Å². The number of fused-ring (bicyclic) bond motifs is 3. The summed E-state index contributed by atoms with van der Waals surface area (Å²) < 4.78 is 22.7. The summed E-state index contributed by atoms with van der Waals surface area (Å²) in [6.45, 7) is 1.81. The molecule has 3 N–H and O–H groups in total. The summed E-state index contributed by atoms with van der Waals surface area (Å²) >= 11 is 0. The number of benzene rings is 1. The number of allylic oxidation sites excluding steroid dienone is 1. The molecule has 274 valence electrons. The van der Waals surface area contributed by atoms with Crippen molar-refractivity contribution in [2.24, 2.45) is 5.92 Å². The third-order valence-corrected chi connectivity index (χ3v) is 10.2. The Morgan fingerprint density at radius 2 is 1.84 bits per heavy atom. The lowest BCUT2D eigenvalue weighted by Gasteiger charge is -2.29. The van der Waals surface area contributed by atoms with Crippen LogP contribution < -0.4 is 20.1 Å². The van der Waals surface area contributed by atoms with E-state index < -0.39 is 53.6 Å². The summed E-state index contributed by atoms with van der Waals surface area (Å²) in [5.41, 5.74) is -1.17. The predicted molar refractivity (Wildman–Crippen MR) is 183 cm³/mol. The molecule has 0 spiro atoms. The number of aromatic nitrogens is 1. The number of carbonyl (C=O) groups excluding carboxylic acids is 4. The lowest BCUT2D eigenvalue weighted by atomic mass is 10.0. The molecule has 6 rings (SSSR count). The zero-order valence-corrected chi connectivity index (χ0v) is 29.1. The van der Waals surface area contributed by atoms with Gasteiger partial charge >= 0.3 is 18.0 Å². The Morgan fingerprint density at radius 3 is 2.59 bits per heavy atom. The monoisotopic (exact) mass is 706 g/mol. The highest BCUT2D eigenvalue weighted by Gasteiger charge is 2.62. The topological polar surface area (TPSA) is 183 Å². The van der Waals surface area contributed by atoms with Crippen molar-refractivity contribution in [3.63, 3.8) is 0 Å². The van der Waals surface area contributed by atoms with Crippen LogP contribution in [0.5, 0.6) is 11.5 Å². The Hall–Kier alpha value is -4.88. The van der Waals surface area contributed by atoms with Gasteiger partial charge in [0.25, 0.3) is 0 Å². The number of alkyl carbamates (subject to hydrolysis) is 1. The molecule has 3 fully saturated rings. The lowest BCUT2D eigenvalue weighted by molar-refractivity contribution is -0.150. The molecule has 14 nitrogen and oxygen atoms in total. The summed E-state index contributed by atoms with van der Waals surface area (Å²) in [4.78, 5) is 72.6. The van der Waals surface area contributed by atoms with Crippen LogP contribution in [0.4, 0.5) is 4.79 Å². The number of ether oxygens (including phenoxy) is 4. The number of rotatable bonds is 8. The first-order chi connectivity index (χ1) is 24.6. The minimum absolute atomic E-state index is 0.0368. The van der Waals surface area contributed by atoms with Crippen LogP contribution in [0.1, 0.15) is 88.0 Å². The number of amides is 3. The normalized spacial score (nSPS) is 27.6. The number of aromatic carboxylic acids is 1. The van der Waals surface area contributed by atoms with Crippen LogP contribution >= 0.6 is 0 Å². The molecular formula is C37H46N4O10.